The minimum atomic E-state index is -0.868. The van der Waals surface area contributed by atoms with Gasteiger partial charge in [0.05, 0.1) is 5.70 Å². The number of rotatable bonds is 8. The minimum Gasteiger partial charge on any atom is -0.449 e. The second-order valence-electron chi connectivity index (χ2n) is 15.9. The third-order valence-electron chi connectivity index (χ3n) is 13.1. The van der Waals surface area contributed by atoms with Gasteiger partial charge >= 0.3 is 12.1 Å². The molecule has 3 unspecified atom stereocenters. The van der Waals surface area contributed by atoms with Crippen molar-refractivity contribution in [1.82, 2.24) is 10.8 Å². The highest BCUT2D eigenvalue weighted by molar-refractivity contribution is 5.82. The highest BCUT2D eigenvalue weighted by Gasteiger charge is 2.59. The van der Waals surface area contributed by atoms with Crippen LogP contribution in [0.25, 0.3) is 11.1 Å². The average Bonchev–Trinajstić information content (AvgIpc) is 3.60. The molecule has 5 aliphatic rings. The Hall–Kier alpha value is -3.87. The first kappa shape index (κ1) is 32.7. The highest BCUT2D eigenvalue weighted by Crippen LogP contribution is 2.66. The van der Waals surface area contributed by atoms with Gasteiger partial charge in [0, 0.05) is 11.8 Å². The van der Waals surface area contributed by atoms with Crippen molar-refractivity contribution in [2.45, 2.75) is 91.5 Å². The Morgan fingerprint density at radius 2 is 1.60 bits per heavy atom. The van der Waals surface area contributed by atoms with Crippen molar-refractivity contribution >= 4 is 17.8 Å². The van der Waals surface area contributed by atoms with E-state index in [9.17, 15) is 14.4 Å². The summed E-state index contributed by atoms with van der Waals surface area (Å²) in [5.74, 6) is 1.67. The number of fused-ring (bicyclic) bond motifs is 8. The van der Waals surface area contributed by atoms with Crippen LogP contribution in [-0.2, 0) is 19.2 Å². The molecule has 0 radical (unpaired) electrons. The Morgan fingerprint density at radius 1 is 0.917 bits per heavy atom. The molecule has 2 N–H and O–H groups in total. The van der Waals surface area contributed by atoms with Crippen molar-refractivity contribution in [1.29, 1.82) is 0 Å². The number of carbonyl (C=O) groups excluding carboxylic acids is 3. The van der Waals surface area contributed by atoms with Crippen LogP contribution < -0.4 is 10.8 Å². The van der Waals surface area contributed by atoms with Gasteiger partial charge in [-0.15, -0.1) is 0 Å². The van der Waals surface area contributed by atoms with Gasteiger partial charge in [0.15, 0.2) is 0 Å². The molecule has 3 fully saturated rings. The van der Waals surface area contributed by atoms with Gasteiger partial charge in [-0.1, -0.05) is 87.9 Å². The molecule has 3 saturated carbocycles. The van der Waals surface area contributed by atoms with Crippen LogP contribution in [0.5, 0.6) is 0 Å². The fourth-order valence-electron chi connectivity index (χ4n) is 10.6. The van der Waals surface area contributed by atoms with Crippen LogP contribution in [0, 0.1) is 40.4 Å². The molecule has 0 saturated heterocycles. The molecule has 1 amide bonds. The number of Topliss-reactive ketones (excluding diaryl/α,β-unsaturated/α-hetero) is 1. The lowest BCUT2D eigenvalue weighted by molar-refractivity contribution is -0.153. The van der Waals surface area contributed by atoms with E-state index < -0.39 is 18.1 Å². The molecular weight excluding hydrogens is 600 g/mol. The van der Waals surface area contributed by atoms with Gasteiger partial charge in [0.2, 0.25) is 0 Å². The molecule has 7 nitrogen and oxygen atoms in total. The second kappa shape index (κ2) is 12.5. The van der Waals surface area contributed by atoms with E-state index in [0.29, 0.717) is 23.5 Å². The van der Waals surface area contributed by atoms with E-state index in [1.807, 2.05) is 38.1 Å². The summed E-state index contributed by atoms with van der Waals surface area (Å²) in [7, 11) is 0. The first-order chi connectivity index (χ1) is 23.0. The lowest BCUT2D eigenvalue weighted by atomic mass is 9.47. The monoisotopic (exact) mass is 650 g/mol. The molecule has 0 aliphatic heterocycles. The predicted molar refractivity (Wildman–Crippen MR) is 185 cm³/mol. The Kier molecular flexibility index (Phi) is 8.53. The van der Waals surface area contributed by atoms with Gasteiger partial charge in [-0.25, -0.2) is 15.1 Å². The summed E-state index contributed by atoms with van der Waals surface area (Å²) >= 11 is 0. The van der Waals surface area contributed by atoms with Gasteiger partial charge < -0.3 is 14.9 Å². The number of allylic oxidation sites excluding steroid dienone is 3. The van der Waals surface area contributed by atoms with Crippen molar-refractivity contribution < 1.29 is 24.0 Å². The zero-order chi connectivity index (χ0) is 33.8. The zero-order valence-electron chi connectivity index (χ0n) is 29.0. The fourth-order valence-corrected chi connectivity index (χ4v) is 10.6. The Morgan fingerprint density at radius 3 is 2.27 bits per heavy atom. The molecule has 254 valence electrons. The molecule has 2 aromatic carbocycles. The number of benzene rings is 2. The van der Waals surface area contributed by atoms with Gasteiger partial charge in [0.25, 0.3) is 0 Å². The normalized spacial score (nSPS) is 30.8. The molecule has 0 heterocycles. The number of carbonyl (C=O) groups is 3. The Labute approximate surface area is 284 Å². The number of hydrogen-bond donors (Lipinski definition) is 2. The molecule has 5 aliphatic carbocycles. The highest BCUT2D eigenvalue weighted by atomic mass is 16.7. The lowest BCUT2D eigenvalue weighted by Crippen LogP contribution is -2.50. The van der Waals surface area contributed by atoms with Crippen LogP contribution >= 0.6 is 0 Å². The van der Waals surface area contributed by atoms with E-state index in [-0.39, 0.29) is 35.2 Å². The molecule has 0 bridgehead atoms. The Bertz CT molecular complexity index is 1630. The zero-order valence-corrected chi connectivity index (χ0v) is 29.0. The number of hydrogen-bond acceptors (Lipinski definition) is 6. The largest absolute Gasteiger partial charge is 0.449 e. The summed E-state index contributed by atoms with van der Waals surface area (Å²) < 4.78 is 5.71. The average molecular weight is 651 g/mol. The maximum Gasteiger partial charge on any atom is 0.407 e. The number of ketones is 1. The standard InChI is InChI=1S/C41H50N2O5/c1-24(2)37(42-39(46)47-23-33-30-12-8-6-10-28(30)29-11-7-9-13-31(29)33)38(45)48-43-27-18-20-40(4)26(22-27)14-15-32-35-17-16-34(25(3)44)41(35,5)21-19-36(32)40/h6-13,18,22,24,32-37,43H,14-17,19-21,23H2,1-5H3,(H,42,46)/t32?,34-,35?,36?,37+,40+,41-/m1/s1. The van der Waals surface area contributed by atoms with Crippen LogP contribution in [-0.4, -0.2) is 30.5 Å². The van der Waals surface area contributed by atoms with E-state index in [1.165, 1.54) is 18.4 Å². The number of alkyl carbamates (subject to hydrolysis) is 1. The molecular formula is C41H50N2O5. The smallest absolute Gasteiger partial charge is 0.407 e. The van der Waals surface area contributed by atoms with Crippen LogP contribution in [0.3, 0.4) is 0 Å². The number of hydroxylamine groups is 1. The van der Waals surface area contributed by atoms with Gasteiger partial charge in [-0.05, 0) is 115 Å². The van der Waals surface area contributed by atoms with Crippen molar-refractivity contribution in [3.63, 3.8) is 0 Å². The van der Waals surface area contributed by atoms with Crippen molar-refractivity contribution in [3.8, 4) is 11.1 Å². The summed E-state index contributed by atoms with van der Waals surface area (Å²) in [5, 5.41) is 2.76. The van der Waals surface area contributed by atoms with E-state index in [4.69, 9.17) is 9.57 Å². The molecule has 48 heavy (non-hydrogen) atoms. The molecule has 2 aromatic rings. The topological polar surface area (TPSA) is 93.7 Å². The van der Waals surface area contributed by atoms with Crippen LogP contribution in [0.15, 0.2) is 72.0 Å². The van der Waals surface area contributed by atoms with Gasteiger partial charge in [0.1, 0.15) is 18.4 Å². The van der Waals surface area contributed by atoms with Crippen molar-refractivity contribution in [2.24, 2.45) is 40.4 Å². The van der Waals surface area contributed by atoms with Crippen molar-refractivity contribution in [3.05, 3.63) is 83.1 Å². The summed E-state index contributed by atoms with van der Waals surface area (Å²) in [6.07, 6.45) is 11.3. The summed E-state index contributed by atoms with van der Waals surface area (Å²) in [4.78, 5) is 44.4. The summed E-state index contributed by atoms with van der Waals surface area (Å²) in [6.45, 7) is 10.5. The fraction of sp³-hybridized carbons (Fsp3) is 0.537. The van der Waals surface area contributed by atoms with Crippen LogP contribution in [0.2, 0.25) is 0 Å². The van der Waals surface area contributed by atoms with E-state index in [2.05, 4.69) is 61.1 Å². The van der Waals surface area contributed by atoms with Crippen LogP contribution in [0.1, 0.15) is 96.6 Å². The predicted octanol–water partition coefficient (Wildman–Crippen LogP) is 8.26. The first-order valence-electron chi connectivity index (χ1n) is 18.0. The number of amides is 1. The summed E-state index contributed by atoms with van der Waals surface area (Å²) in [6, 6.07) is 15.5. The minimum absolute atomic E-state index is 0.0601. The van der Waals surface area contributed by atoms with Crippen molar-refractivity contribution in [2.75, 3.05) is 6.61 Å². The second-order valence-corrected chi connectivity index (χ2v) is 15.9. The SMILES string of the molecule is CC(=O)[C@H]1CCC2C3CCC4=CC(NOC(=O)[C@@H](NC(=O)OCC5c6ccccc6-c6ccccc65)C(C)C)=CC[C@]4(C)C3CC[C@@]21C. The first-order valence-corrected chi connectivity index (χ1v) is 18.0. The van der Waals surface area contributed by atoms with E-state index in [0.717, 1.165) is 60.1 Å². The van der Waals surface area contributed by atoms with E-state index in [1.54, 1.807) is 6.92 Å². The molecule has 7 heteroatoms. The van der Waals surface area contributed by atoms with Crippen LogP contribution in [0.4, 0.5) is 4.79 Å². The molecule has 7 rings (SSSR count). The quantitative estimate of drug-likeness (QED) is 0.280. The van der Waals surface area contributed by atoms with Gasteiger partial charge in [-0.3, -0.25) is 4.79 Å². The molecule has 7 atom stereocenters. The number of nitrogens with one attached hydrogen (secondary N) is 2. The Balaban J connectivity index is 0.948. The molecule has 0 spiro atoms. The lowest BCUT2D eigenvalue weighted by Gasteiger charge is -2.57. The van der Waals surface area contributed by atoms with Gasteiger partial charge in [-0.2, -0.15) is 0 Å². The number of ether oxygens (including phenoxy) is 1. The maximum atomic E-state index is 13.3. The maximum absolute atomic E-state index is 13.3. The third kappa shape index (κ3) is 5.47. The van der Waals surface area contributed by atoms with E-state index >= 15 is 0 Å². The summed E-state index contributed by atoms with van der Waals surface area (Å²) in [5.41, 5.74) is 9.96. The molecule has 0 aromatic heterocycles. The third-order valence-corrected chi connectivity index (χ3v) is 13.1.